The molecule has 0 bridgehead atoms. The minimum atomic E-state index is -0.729. The first-order valence-corrected chi connectivity index (χ1v) is 10.1. The number of amides is 2. The number of esters is 1. The molecule has 1 saturated heterocycles. The average Bonchev–Trinajstić information content (AvgIpc) is 2.72. The summed E-state index contributed by atoms with van der Waals surface area (Å²) >= 11 is 0. The second kappa shape index (κ2) is 9.11. The number of carbonyl (C=O) groups excluding carboxylic acids is 3. The summed E-state index contributed by atoms with van der Waals surface area (Å²) < 4.78 is 11.2. The van der Waals surface area contributed by atoms with Gasteiger partial charge in [0.05, 0.1) is 5.92 Å². The lowest BCUT2D eigenvalue weighted by atomic mass is 9.97. The van der Waals surface area contributed by atoms with Crippen molar-refractivity contribution in [2.24, 2.45) is 5.92 Å². The first-order valence-electron chi connectivity index (χ1n) is 10.1. The molecular weight excluding hydrogens is 382 g/mol. The topological polar surface area (TPSA) is 72.9 Å². The van der Waals surface area contributed by atoms with Crippen molar-refractivity contribution in [3.63, 3.8) is 0 Å². The summed E-state index contributed by atoms with van der Waals surface area (Å²) in [5, 5.41) is 0. The summed E-state index contributed by atoms with van der Waals surface area (Å²) in [6, 6.07) is 19.0. The normalized spacial score (nSPS) is 17.0. The molecule has 1 aliphatic rings. The van der Waals surface area contributed by atoms with E-state index in [0.29, 0.717) is 6.42 Å². The second-order valence-corrected chi connectivity index (χ2v) is 8.36. The second-order valence-electron chi connectivity index (χ2n) is 8.36. The highest BCUT2D eigenvalue weighted by atomic mass is 16.6. The van der Waals surface area contributed by atoms with Crippen LogP contribution in [0.1, 0.15) is 50.8 Å². The van der Waals surface area contributed by atoms with E-state index in [9.17, 15) is 14.4 Å². The predicted octanol–water partition coefficient (Wildman–Crippen LogP) is 4.49. The van der Waals surface area contributed by atoms with Crippen LogP contribution in [-0.4, -0.2) is 35.0 Å². The molecular formula is C24H27NO5. The van der Waals surface area contributed by atoms with Gasteiger partial charge in [-0.2, -0.15) is 0 Å². The smallest absolute Gasteiger partial charge is 0.417 e. The zero-order valence-electron chi connectivity index (χ0n) is 17.5. The van der Waals surface area contributed by atoms with Gasteiger partial charge in [0.15, 0.2) is 6.10 Å². The van der Waals surface area contributed by atoms with Gasteiger partial charge in [0.2, 0.25) is 5.91 Å². The quantitative estimate of drug-likeness (QED) is 0.696. The minimum Gasteiger partial charge on any atom is -0.452 e. The zero-order valence-corrected chi connectivity index (χ0v) is 17.5. The summed E-state index contributed by atoms with van der Waals surface area (Å²) in [5.74, 6) is -1.37. The lowest BCUT2D eigenvalue weighted by molar-refractivity contribution is -0.156. The van der Waals surface area contributed by atoms with Crippen LogP contribution < -0.4 is 0 Å². The van der Waals surface area contributed by atoms with Gasteiger partial charge >= 0.3 is 12.1 Å². The lowest BCUT2D eigenvalue weighted by Gasteiger charge is -2.32. The summed E-state index contributed by atoms with van der Waals surface area (Å²) in [6.45, 7) is 5.16. The van der Waals surface area contributed by atoms with E-state index in [1.54, 1.807) is 20.8 Å². The molecule has 6 nitrogen and oxygen atoms in total. The largest absolute Gasteiger partial charge is 0.452 e. The van der Waals surface area contributed by atoms with E-state index in [1.165, 1.54) is 0 Å². The highest BCUT2D eigenvalue weighted by Gasteiger charge is 2.37. The zero-order chi connectivity index (χ0) is 21.7. The summed E-state index contributed by atoms with van der Waals surface area (Å²) in [5.41, 5.74) is 0.983. The van der Waals surface area contributed by atoms with Crippen LogP contribution in [-0.2, 0) is 19.1 Å². The monoisotopic (exact) mass is 409 g/mol. The van der Waals surface area contributed by atoms with E-state index < -0.39 is 29.7 Å². The molecule has 1 atom stereocenters. The van der Waals surface area contributed by atoms with E-state index in [0.717, 1.165) is 16.0 Å². The third-order valence-corrected chi connectivity index (χ3v) is 4.80. The van der Waals surface area contributed by atoms with Crippen molar-refractivity contribution in [2.45, 2.75) is 45.3 Å². The molecule has 0 saturated carbocycles. The Hall–Kier alpha value is -3.15. The number of imide groups is 1. The van der Waals surface area contributed by atoms with Crippen LogP contribution in [0.25, 0.3) is 0 Å². The van der Waals surface area contributed by atoms with Crippen LogP contribution in [0.2, 0.25) is 0 Å². The molecule has 3 rings (SSSR count). The molecule has 2 aromatic carbocycles. The van der Waals surface area contributed by atoms with E-state index in [1.807, 2.05) is 60.7 Å². The Balaban J connectivity index is 1.76. The molecule has 158 valence electrons. The minimum absolute atomic E-state index is 0.0388. The van der Waals surface area contributed by atoms with Crippen molar-refractivity contribution in [3.05, 3.63) is 71.8 Å². The Morgan fingerprint density at radius 1 is 0.967 bits per heavy atom. The van der Waals surface area contributed by atoms with Gasteiger partial charge in [-0.1, -0.05) is 60.7 Å². The Morgan fingerprint density at radius 3 is 2.00 bits per heavy atom. The fourth-order valence-corrected chi connectivity index (χ4v) is 3.33. The Morgan fingerprint density at radius 2 is 1.50 bits per heavy atom. The van der Waals surface area contributed by atoms with E-state index in [2.05, 4.69) is 0 Å². The summed E-state index contributed by atoms with van der Waals surface area (Å²) in [4.78, 5) is 38.6. The Labute approximate surface area is 176 Å². The van der Waals surface area contributed by atoms with Crippen LogP contribution in [0.5, 0.6) is 0 Å². The molecule has 1 unspecified atom stereocenters. The number of piperidine rings is 1. The lowest BCUT2D eigenvalue weighted by Crippen LogP contribution is -2.48. The maximum Gasteiger partial charge on any atom is 0.417 e. The molecule has 2 amide bonds. The number of likely N-dealkylation sites (tertiary alicyclic amines) is 1. The number of benzene rings is 2. The SMILES string of the molecule is CC(C)(C)OC(=O)N1CC(C(=O)OC(c2ccccc2)c2ccccc2)CCC1=O. The van der Waals surface area contributed by atoms with E-state index in [-0.39, 0.29) is 18.9 Å². The number of carbonyl (C=O) groups is 3. The fourth-order valence-electron chi connectivity index (χ4n) is 3.33. The Bertz CT molecular complexity index is 849. The van der Waals surface area contributed by atoms with Gasteiger partial charge in [0, 0.05) is 13.0 Å². The van der Waals surface area contributed by atoms with Crippen LogP contribution in [0, 0.1) is 5.92 Å². The number of hydrogen-bond acceptors (Lipinski definition) is 5. The molecule has 0 radical (unpaired) electrons. The molecule has 30 heavy (non-hydrogen) atoms. The number of hydrogen-bond donors (Lipinski definition) is 0. The van der Waals surface area contributed by atoms with Crippen molar-refractivity contribution in [1.82, 2.24) is 4.90 Å². The molecule has 0 spiro atoms. The summed E-state index contributed by atoms with van der Waals surface area (Å²) in [6.07, 6.45) is -0.853. The maximum absolute atomic E-state index is 13.0. The van der Waals surface area contributed by atoms with Gasteiger partial charge in [0.25, 0.3) is 0 Å². The summed E-state index contributed by atoms with van der Waals surface area (Å²) in [7, 11) is 0. The van der Waals surface area contributed by atoms with Crippen molar-refractivity contribution < 1.29 is 23.9 Å². The van der Waals surface area contributed by atoms with Gasteiger partial charge in [0.1, 0.15) is 5.60 Å². The van der Waals surface area contributed by atoms with Gasteiger partial charge in [-0.3, -0.25) is 9.59 Å². The van der Waals surface area contributed by atoms with Crippen LogP contribution in [0.4, 0.5) is 4.79 Å². The first kappa shape index (κ1) is 21.6. The van der Waals surface area contributed by atoms with Crippen LogP contribution in [0.3, 0.4) is 0 Å². The molecule has 0 aromatic heterocycles. The maximum atomic E-state index is 13.0. The fraction of sp³-hybridized carbons (Fsp3) is 0.375. The first-order chi connectivity index (χ1) is 14.2. The third kappa shape index (κ3) is 5.47. The molecule has 6 heteroatoms. The molecule has 1 fully saturated rings. The van der Waals surface area contributed by atoms with Crippen molar-refractivity contribution in [1.29, 1.82) is 0 Å². The molecule has 2 aromatic rings. The van der Waals surface area contributed by atoms with E-state index in [4.69, 9.17) is 9.47 Å². The third-order valence-electron chi connectivity index (χ3n) is 4.80. The number of rotatable bonds is 4. The predicted molar refractivity (Wildman–Crippen MR) is 111 cm³/mol. The average molecular weight is 409 g/mol. The van der Waals surface area contributed by atoms with Gasteiger partial charge < -0.3 is 9.47 Å². The van der Waals surface area contributed by atoms with E-state index >= 15 is 0 Å². The molecule has 1 heterocycles. The number of nitrogens with zero attached hydrogens (tertiary/aromatic N) is 1. The van der Waals surface area contributed by atoms with Crippen molar-refractivity contribution >= 4 is 18.0 Å². The molecule has 1 aliphatic heterocycles. The highest BCUT2D eigenvalue weighted by Crippen LogP contribution is 2.29. The van der Waals surface area contributed by atoms with Crippen molar-refractivity contribution in [2.75, 3.05) is 6.54 Å². The van der Waals surface area contributed by atoms with Gasteiger partial charge in [-0.05, 0) is 38.3 Å². The molecule has 0 aliphatic carbocycles. The van der Waals surface area contributed by atoms with Crippen LogP contribution >= 0.6 is 0 Å². The highest BCUT2D eigenvalue weighted by molar-refractivity contribution is 5.94. The van der Waals surface area contributed by atoms with Crippen molar-refractivity contribution in [3.8, 4) is 0 Å². The van der Waals surface area contributed by atoms with Gasteiger partial charge in [-0.25, -0.2) is 9.69 Å². The van der Waals surface area contributed by atoms with Crippen LogP contribution in [0.15, 0.2) is 60.7 Å². The standard InChI is InChI=1S/C24H27NO5/c1-24(2,3)30-23(28)25-16-19(14-15-20(25)26)22(27)29-21(17-10-6-4-7-11-17)18-12-8-5-9-13-18/h4-13,19,21H,14-16H2,1-3H3. The van der Waals surface area contributed by atoms with Gasteiger partial charge in [-0.15, -0.1) is 0 Å². The Kier molecular flexibility index (Phi) is 6.55. The number of ether oxygens (including phenoxy) is 2. The molecule has 0 N–H and O–H groups in total.